The molecule has 0 rings (SSSR count). The van der Waals surface area contributed by atoms with E-state index in [-0.39, 0.29) is 57.0 Å². The fraction of sp³-hybridized carbons (Fsp3) is 0.800. The van der Waals surface area contributed by atoms with Crippen molar-refractivity contribution in [2.75, 3.05) is 0 Å². The van der Waals surface area contributed by atoms with Gasteiger partial charge in [-0.3, -0.25) is 0 Å². The molecule has 0 amide bonds. The minimum atomic E-state index is -1.48. The summed E-state index contributed by atoms with van der Waals surface area (Å²) in [5.74, 6) is -5.40. The SMILES string of the molecule is CCCCC(CC)C/C(=C/C(=O)[O-])C(=O)[O-].CCCCC(CC)C/C(=C/C(=O)[O-])C(=O)[O-].CCCCCCC[CH2][SnH2+4][CH2]CCCCCCC. The van der Waals surface area contributed by atoms with E-state index in [0.717, 1.165) is 51.4 Å². The molecule has 0 aromatic carbocycles. The number of aliphatic carboxylic acids is 4. The first-order chi connectivity index (χ1) is 23.4. The molecule has 0 spiro atoms. The van der Waals surface area contributed by atoms with Crippen LogP contribution >= 0.6 is 0 Å². The van der Waals surface area contributed by atoms with E-state index < -0.39 is 23.9 Å². The number of carbonyl (C=O) groups is 4. The van der Waals surface area contributed by atoms with Crippen molar-refractivity contribution in [1.82, 2.24) is 0 Å². The van der Waals surface area contributed by atoms with Gasteiger partial charge in [-0.05, 0) is 48.0 Å². The van der Waals surface area contributed by atoms with E-state index in [1.165, 1.54) is 64.2 Å². The first-order valence-corrected chi connectivity index (χ1v) is 25.4. The molecule has 0 aromatic rings. The topological polar surface area (TPSA) is 161 Å². The van der Waals surface area contributed by atoms with Crippen molar-refractivity contribution in [2.24, 2.45) is 11.8 Å². The maximum atomic E-state index is 10.7. The molecule has 2 unspecified atom stereocenters. The van der Waals surface area contributed by atoms with E-state index in [0.29, 0.717) is 12.2 Å². The number of rotatable bonds is 30. The Morgan fingerprint density at radius 1 is 0.469 bits per heavy atom. The molecule has 2 atom stereocenters. The van der Waals surface area contributed by atoms with Crippen LogP contribution in [0.4, 0.5) is 0 Å². The number of hydrogen-bond acceptors (Lipinski definition) is 8. The summed E-state index contributed by atoms with van der Waals surface area (Å²) in [6, 6.07) is 0. The van der Waals surface area contributed by atoms with E-state index in [1.807, 2.05) is 13.8 Å². The van der Waals surface area contributed by atoms with Crippen LogP contribution in [0.25, 0.3) is 0 Å². The molecule has 0 aliphatic rings. The van der Waals surface area contributed by atoms with Crippen LogP contribution in [0.15, 0.2) is 23.3 Å². The van der Waals surface area contributed by atoms with Gasteiger partial charge >= 0.3 is 121 Å². The third-order valence-corrected chi connectivity index (χ3v) is 14.6. The average Bonchev–Trinajstić information content (AvgIpc) is 3.06. The summed E-state index contributed by atoms with van der Waals surface area (Å²) >= 11 is -0.259. The Morgan fingerprint density at radius 2 is 0.776 bits per heavy atom. The van der Waals surface area contributed by atoms with Crippen molar-refractivity contribution in [1.29, 1.82) is 0 Å². The van der Waals surface area contributed by atoms with Gasteiger partial charge in [0.05, 0.1) is 23.9 Å². The zero-order valence-electron chi connectivity index (χ0n) is 32.3. The molecule has 0 aliphatic carbocycles. The quantitative estimate of drug-likeness (QED) is 0.0505. The molecule has 9 heteroatoms. The van der Waals surface area contributed by atoms with E-state index in [1.54, 1.807) is 21.7 Å². The van der Waals surface area contributed by atoms with Crippen molar-refractivity contribution >= 4 is 45.0 Å². The second-order valence-electron chi connectivity index (χ2n) is 13.4. The van der Waals surface area contributed by atoms with Crippen LogP contribution in [0.1, 0.15) is 183 Å². The normalized spacial score (nSPS) is 12.6. The van der Waals surface area contributed by atoms with Gasteiger partial charge in [-0.15, -0.1) is 0 Å². The molecule has 0 saturated carbocycles. The van der Waals surface area contributed by atoms with Crippen LogP contribution in [0, 0.1) is 11.8 Å². The van der Waals surface area contributed by atoms with Crippen LogP contribution in [0.5, 0.6) is 0 Å². The van der Waals surface area contributed by atoms with Crippen LogP contribution in [0.2, 0.25) is 8.87 Å². The zero-order chi connectivity index (χ0) is 37.7. The second-order valence-corrected chi connectivity index (χ2v) is 19.4. The molecule has 0 saturated heterocycles. The fourth-order valence-electron chi connectivity index (χ4n) is 5.64. The van der Waals surface area contributed by atoms with Crippen molar-refractivity contribution in [3.63, 3.8) is 0 Å². The van der Waals surface area contributed by atoms with Gasteiger partial charge in [-0.2, -0.15) is 0 Å². The number of hydrogen-bond donors (Lipinski definition) is 0. The van der Waals surface area contributed by atoms with Crippen molar-refractivity contribution < 1.29 is 39.6 Å². The number of carboxylic acid groups (broad SMARTS) is 4. The van der Waals surface area contributed by atoms with Gasteiger partial charge in [0.1, 0.15) is 0 Å². The van der Waals surface area contributed by atoms with Gasteiger partial charge in [-0.25, -0.2) is 0 Å². The predicted octanol–water partition coefficient (Wildman–Crippen LogP) is 5.75. The van der Waals surface area contributed by atoms with Gasteiger partial charge in [0.15, 0.2) is 0 Å². The first kappa shape index (κ1) is 51.5. The van der Waals surface area contributed by atoms with Gasteiger partial charge in [0.2, 0.25) is 0 Å². The van der Waals surface area contributed by atoms with Gasteiger partial charge in [0.25, 0.3) is 0 Å². The van der Waals surface area contributed by atoms with Crippen molar-refractivity contribution in [3.05, 3.63) is 23.3 Å². The van der Waals surface area contributed by atoms with Crippen LogP contribution in [-0.2, 0) is 19.2 Å². The summed E-state index contributed by atoms with van der Waals surface area (Å²) in [6.45, 7) is 12.7. The molecular weight excluding hydrogens is 727 g/mol. The Hall–Kier alpha value is -1.84. The van der Waals surface area contributed by atoms with E-state index in [2.05, 4.69) is 27.7 Å². The van der Waals surface area contributed by atoms with Crippen molar-refractivity contribution in [3.8, 4) is 0 Å². The Kier molecular flexibility index (Phi) is 41.0. The standard InChI is InChI=1S/2C12H20O4.2C8H17.Sn.2H/c2*1-3-5-6-9(4-2)7-10(12(15)16)8-11(13)14;2*1-3-5-7-8-6-4-2;;;/h2*8-9H,3-7H2,1-2H3,(H,13,14)(H,15,16);2*1,3-8H2,2H3;;;/q;;;;+4;;/p-4/b2*10-8-;;;;;. The van der Waals surface area contributed by atoms with Gasteiger partial charge < -0.3 is 39.6 Å². The van der Waals surface area contributed by atoms with E-state index in [9.17, 15) is 39.6 Å². The minimum absolute atomic E-state index is 0.178. The van der Waals surface area contributed by atoms with E-state index in [4.69, 9.17) is 0 Å². The summed E-state index contributed by atoms with van der Waals surface area (Å²) in [7, 11) is 0. The average molecular weight is 800 g/mol. The molecule has 0 aliphatic heterocycles. The molecule has 0 bridgehead atoms. The monoisotopic (exact) mass is 800 g/mol. The molecule has 49 heavy (non-hydrogen) atoms. The molecule has 284 valence electrons. The zero-order valence-corrected chi connectivity index (χ0v) is 36.3. The Balaban J connectivity index is -0.000000648. The van der Waals surface area contributed by atoms with E-state index >= 15 is 0 Å². The van der Waals surface area contributed by atoms with Gasteiger partial charge in [0, 0.05) is 0 Å². The van der Waals surface area contributed by atoms with Crippen LogP contribution in [0.3, 0.4) is 0 Å². The third kappa shape index (κ3) is 38.8. The summed E-state index contributed by atoms with van der Waals surface area (Å²) in [5, 5.41) is 42.0. The number of unbranched alkanes of at least 4 members (excludes halogenated alkanes) is 12. The summed E-state index contributed by atoms with van der Waals surface area (Å²) in [5.41, 5.74) is -0.356. The Morgan fingerprint density at radius 3 is 1.04 bits per heavy atom. The summed E-state index contributed by atoms with van der Waals surface area (Å²) < 4.78 is 3.39. The predicted molar refractivity (Wildman–Crippen MR) is 197 cm³/mol. The maximum absolute atomic E-state index is 10.7. The molecule has 0 heterocycles. The van der Waals surface area contributed by atoms with Crippen LogP contribution in [-0.4, -0.2) is 45.0 Å². The fourth-order valence-corrected chi connectivity index (χ4v) is 10.7. The Labute approximate surface area is 310 Å². The summed E-state index contributed by atoms with van der Waals surface area (Å²) in [6.07, 6.45) is 27.3. The molecular formula is C40H72O8Sn. The molecule has 4 radical (unpaired) electrons. The number of carboxylic acids is 4. The molecule has 0 aromatic heterocycles. The molecule has 0 fully saturated rings. The third-order valence-electron chi connectivity index (χ3n) is 8.92. The van der Waals surface area contributed by atoms with Gasteiger partial charge in [-0.1, -0.05) is 79.1 Å². The Bertz CT molecular complexity index is 814. The number of carbonyl (C=O) groups excluding carboxylic acids is 4. The molecule has 0 N–H and O–H groups in total. The van der Waals surface area contributed by atoms with Crippen molar-refractivity contribution in [2.45, 2.75) is 192 Å². The first-order valence-electron chi connectivity index (χ1n) is 19.7. The van der Waals surface area contributed by atoms with Crippen LogP contribution < -0.4 is 20.4 Å². The molecule has 8 nitrogen and oxygen atoms in total. The summed E-state index contributed by atoms with van der Waals surface area (Å²) in [4.78, 5) is 42.0. The second kappa shape index (κ2) is 39.0.